The number of nitrogens with zero attached hydrogens (tertiary/aromatic N) is 2. The first-order chi connectivity index (χ1) is 10.5. The molecule has 5 heteroatoms. The molecule has 3 rings (SSSR count). The van der Waals surface area contributed by atoms with E-state index in [0.717, 1.165) is 22.5 Å². The first kappa shape index (κ1) is 14.1. The number of anilines is 1. The van der Waals surface area contributed by atoms with Crippen LogP contribution in [0.15, 0.2) is 47.3 Å². The predicted octanol–water partition coefficient (Wildman–Crippen LogP) is 3.64. The molecule has 0 saturated carbocycles. The quantitative estimate of drug-likeness (QED) is 0.802. The van der Waals surface area contributed by atoms with Crippen molar-refractivity contribution in [1.29, 1.82) is 0 Å². The Hall–Kier alpha value is -2.82. The molecule has 0 aliphatic carbocycles. The molecule has 0 fully saturated rings. The van der Waals surface area contributed by atoms with Gasteiger partial charge in [-0.3, -0.25) is 4.79 Å². The zero-order chi connectivity index (χ0) is 15.7. The number of benzene rings is 1. The topological polar surface area (TPSA) is 60.1 Å². The lowest BCUT2D eigenvalue weighted by Crippen LogP contribution is -2.14. The molecule has 0 atom stereocenters. The van der Waals surface area contributed by atoms with Crippen LogP contribution in [-0.2, 0) is 0 Å². The molecule has 0 aliphatic rings. The Bertz CT molecular complexity index is 796. The van der Waals surface area contributed by atoms with Gasteiger partial charge in [-0.15, -0.1) is 0 Å². The first-order valence-corrected chi connectivity index (χ1v) is 7.02. The second kappa shape index (κ2) is 5.52. The summed E-state index contributed by atoms with van der Waals surface area (Å²) in [6.45, 7) is 5.97. The number of aromatic nitrogens is 2. The largest absolute Gasteiger partial charge is 0.472 e. The number of nitrogens with one attached hydrogen (secondary N) is 1. The Morgan fingerprint density at radius 2 is 1.86 bits per heavy atom. The molecular formula is C17H17N3O2. The van der Waals surface area contributed by atoms with E-state index in [1.165, 1.54) is 12.5 Å². The summed E-state index contributed by atoms with van der Waals surface area (Å²) in [7, 11) is 0. The van der Waals surface area contributed by atoms with E-state index in [0.29, 0.717) is 11.4 Å². The van der Waals surface area contributed by atoms with Crippen LogP contribution in [0.5, 0.6) is 0 Å². The highest BCUT2D eigenvalue weighted by atomic mass is 16.3. The highest BCUT2D eigenvalue weighted by Gasteiger charge is 2.13. The van der Waals surface area contributed by atoms with Gasteiger partial charge in [0.1, 0.15) is 12.1 Å². The Morgan fingerprint density at radius 3 is 2.50 bits per heavy atom. The predicted molar refractivity (Wildman–Crippen MR) is 84.4 cm³/mol. The standard InChI is InChI=1S/C17H17N3O2/c1-11-6-12(2)8-15(7-11)20-16(9-13(3)19-20)18-17(21)14-4-5-22-10-14/h4-10H,1-3H3,(H,18,21). The highest BCUT2D eigenvalue weighted by molar-refractivity contribution is 6.03. The summed E-state index contributed by atoms with van der Waals surface area (Å²) in [5.41, 5.74) is 4.53. The van der Waals surface area contributed by atoms with Gasteiger partial charge in [0.15, 0.2) is 0 Å². The minimum atomic E-state index is -0.223. The van der Waals surface area contributed by atoms with Gasteiger partial charge < -0.3 is 9.73 Å². The van der Waals surface area contributed by atoms with Crippen LogP contribution < -0.4 is 5.32 Å². The first-order valence-electron chi connectivity index (χ1n) is 7.02. The molecule has 0 radical (unpaired) electrons. The highest BCUT2D eigenvalue weighted by Crippen LogP contribution is 2.20. The Kier molecular flexibility index (Phi) is 3.55. The van der Waals surface area contributed by atoms with E-state index in [2.05, 4.69) is 16.5 Å². The van der Waals surface area contributed by atoms with E-state index in [9.17, 15) is 4.79 Å². The average Bonchev–Trinajstić information content (AvgIpc) is 3.07. The maximum Gasteiger partial charge on any atom is 0.260 e. The van der Waals surface area contributed by atoms with Crippen LogP contribution in [0.2, 0.25) is 0 Å². The molecule has 1 N–H and O–H groups in total. The lowest BCUT2D eigenvalue weighted by Gasteiger charge is -2.10. The van der Waals surface area contributed by atoms with Gasteiger partial charge in [0, 0.05) is 6.07 Å². The van der Waals surface area contributed by atoms with Crippen molar-refractivity contribution < 1.29 is 9.21 Å². The van der Waals surface area contributed by atoms with Gasteiger partial charge in [-0.1, -0.05) is 6.07 Å². The summed E-state index contributed by atoms with van der Waals surface area (Å²) < 4.78 is 6.68. The van der Waals surface area contributed by atoms with Gasteiger partial charge in [0.2, 0.25) is 0 Å². The molecule has 0 aliphatic heterocycles. The molecule has 3 aromatic rings. The molecule has 22 heavy (non-hydrogen) atoms. The van der Waals surface area contributed by atoms with E-state index in [1.54, 1.807) is 10.7 Å². The van der Waals surface area contributed by atoms with E-state index in [1.807, 2.05) is 39.0 Å². The minimum Gasteiger partial charge on any atom is -0.472 e. The Morgan fingerprint density at radius 1 is 1.14 bits per heavy atom. The van der Waals surface area contributed by atoms with Crippen LogP contribution >= 0.6 is 0 Å². The number of amides is 1. The number of hydrogen-bond donors (Lipinski definition) is 1. The smallest absolute Gasteiger partial charge is 0.260 e. The second-order valence-corrected chi connectivity index (χ2v) is 5.39. The van der Waals surface area contributed by atoms with Gasteiger partial charge in [-0.2, -0.15) is 5.10 Å². The third-order valence-corrected chi connectivity index (χ3v) is 3.31. The number of carbonyl (C=O) groups excluding carboxylic acids is 1. The second-order valence-electron chi connectivity index (χ2n) is 5.39. The van der Waals surface area contributed by atoms with E-state index < -0.39 is 0 Å². The summed E-state index contributed by atoms with van der Waals surface area (Å²) in [6.07, 6.45) is 2.89. The molecule has 1 aromatic carbocycles. The van der Waals surface area contributed by atoms with Crippen LogP contribution in [0, 0.1) is 20.8 Å². The van der Waals surface area contributed by atoms with Crippen molar-refractivity contribution in [2.75, 3.05) is 5.32 Å². The third-order valence-electron chi connectivity index (χ3n) is 3.31. The molecule has 0 bridgehead atoms. The van der Waals surface area contributed by atoms with Crippen LogP contribution in [-0.4, -0.2) is 15.7 Å². The van der Waals surface area contributed by atoms with Gasteiger partial charge in [0.05, 0.1) is 23.2 Å². The molecule has 2 aromatic heterocycles. The molecule has 0 spiro atoms. The number of furan rings is 1. The SMILES string of the molecule is Cc1cc(C)cc(-n2nc(C)cc2NC(=O)c2ccoc2)c1. The maximum absolute atomic E-state index is 12.2. The van der Waals surface area contributed by atoms with Crippen molar-refractivity contribution in [3.8, 4) is 5.69 Å². The van der Waals surface area contributed by atoms with E-state index in [-0.39, 0.29) is 5.91 Å². The van der Waals surface area contributed by atoms with Crippen LogP contribution in [0.4, 0.5) is 5.82 Å². The van der Waals surface area contributed by atoms with Gasteiger partial charge >= 0.3 is 0 Å². The summed E-state index contributed by atoms with van der Waals surface area (Å²) in [5.74, 6) is 0.410. The van der Waals surface area contributed by atoms with E-state index in [4.69, 9.17) is 4.42 Å². The minimum absolute atomic E-state index is 0.223. The van der Waals surface area contributed by atoms with Gasteiger partial charge in [0.25, 0.3) is 5.91 Å². The zero-order valence-corrected chi connectivity index (χ0v) is 12.8. The lowest BCUT2D eigenvalue weighted by molar-refractivity contribution is 0.102. The molecule has 5 nitrogen and oxygen atoms in total. The maximum atomic E-state index is 12.2. The molecule has 0 saturated heterocycles. The summed E-state index contributed by atoms with van der Waals surface area (Å²) in [6, 6.07) is 9.64. The monoisotopic (exact) mass is 295 g/mol. The van der Waals surface area contributed by atoms with Crippen molar-refractivity contribution in [3.05, 3.63) is 65.2 Å². The molecule has 112 valence electrons. The van der Waals surface area contributed by atoms with Crippen molar-refractivity contribution in [2.45, 2.75) is 20.8 Å². The summed E-state index contributed by atoms with van der Waals surface area (Å²) >= 11 is 0. The van der Waals surface area contributed by atoms with Crippen molar-refractivity contribution in [2.24, 2.45) is 0 Å². The number of carbonyl (C=O) groups is 1. The molecule has 0 unspecified atom stereocenters. The normalized spacial score (nSPS) is 10.7. The summed E-state index contributed by atoms with van der Waals surface area (Å²) in [4.78, 5) is 12.2. The van der Waals surface area contributed by atoms with Crippen LogP contribution in [0.1, 0.15) is 27.2 Å². The molecule has 2 heterocycles. The number of hydrogen-bond acceptors (Lipinski definition) is 3. The molecule has 1 amide bonds. The van der Waals surface area contributed by atoms with Crippen LogP contribution in [0.3, 0.4) is 0 Å². The summed E-state index contributed by atoms with van der Waals surface area (Å²) in [5, 5.41) is 7.35. The van der Waals surface area contributed by atoms with Crippen LogP contribution in [0.25, 0.3) is 5.69 Å². The fourth-order valence-electron chi connectivity index (χ4n) is 2.44. The number of rotatable bonds is 3. The van der Waals surface area contributed by atoms with Crippen molar-refractivity contribution >= 4 is 11.7 Å². The Labute approximate surface area is 128 Å². The molecular weight excluding hydrogens is 278 g/mol. The van der Waals surface area contributed by atoms with Gasteiger partial charge in [-0.25, -0.2) is 4.68 Å². The fourth-order valence-corrected chi connectivity index (χ4v) is 2.44. The third kappa shape index (κ3) is 2.79. The zero-order valence-electron chi connectivity index (χ0n) is 12.8. The average molecular weight is 295 g/mol. The number of aryl methyl sites for hydroxylation is 3. The fraction of sp³-hybridized carbons (Fsp3) is 0.176. The Balaban J connectivity index is 1.98. The van der Waals surface area contributed by atoms with Crippen molar-refractivity contribution in [1.82, 2.24) is 9.78 Å². The van der Waals surface area contributed by atoms with E-state index >= 15 is 0 Å². The van der Waals surface area contributed by atoms with Gasteiger partial charge in [-0.05, 0) is 50.1 Å². The van der Waals surface area contributed by atoms with Crippen molar-refractivity contribution in [3.63, 3.8) is 0 Å². The lowest BCUT2D eigenvalue weighted by atomic mass is 10.1.